The lowest BCUT2D eigenvalue weighted by atomic mass is 9.95. The lowest BCUT2D eigenvalue weighted by molar-refractivity contribution is -0.139. The fourth-order valence-electron chi connectivity index (χ4n) is 4.46. The molecular formula is C26H25N3O6. The molecule has 1 N–H and O–H groups in total. The minimum Gasteiger partial charge on any atom is -0.507 e. The molecule has 0 saturated carbocycles. The van der Waals surface area contributed by atoms with Crippen molar-refractivity contribution in [2.24, 2.45) is 0 Å². The van der Waals surface area contributed by atoms with Crippen molar-refractivity contribution in [3.63, 3.8) is 0 Å². The molecule has 180 valence electrons. The molecule has 0 radical (unpaired) electrons. The maximum atomic E-state index is 13.2. The molecule has 1 aromatic heterocycles. The third kappa shape index (κ3) is 4.32. The molecule has 3 aromatic rings. The Morgan fingerprint density at radius 1 is 1.11 bits per heavy atom. The average molecular weight is 476 g/mol. The SMILES string of the molecule is COc1cccc([C@H]2/C(=C(\O)c3ccc4c(c3)OCCO4)C(=O)C(=O)N2CCCn2ccnc2)c1. The first kappa shape index (κ1) is 22.5. The van der Waals surface area contributed by atoms with Crippen LogP contribution in [0, 0.1) is 0 Å². The Hall–Kier alpha value is -4.27. The van der Waals surface area contributed by atoms with Gasteiger partial charge in [0.1, 0.15) is 24.7 Å². The standard InChI is InChI=1S/C26H25N3O6/c1-33-19-5-2-4-17(14-19)23-22(24(30)18-6-7-20-21(15-18)35-13-12-34-20)25(31)26(32)29(23)10-3-9-28-11-8-27-16-28/h2,4-8,11,14-16,23,30H,3,9-10,12-13H2,1H3/b24-22+/t23-/m0/s1. The number of hydrogen-bond acceptors (Lipinski definition) is 7. The summed E-state index contributed by atoms with van der Waals surface area (Å²) >= 11 is 0. The zero-order valence-electron chi connectivity index (χ0n) is 19.2. The smallest absolute Gasteiger partial charge is 0.295 e. The molecular weight excluding hydrogens is 450 g/mol. The van der Waals surface area contributed by atoms with Gasteiger partial charge in [-0.2, -0.15) is 0 Å². The number of hydrogen-bond donors (Lipinski definition) is 1. The van der Waals surface area contributed by atoms with Crippen molar-refractivity contribution >= 4 is 17.4 Å². The number of fused-ring (bicyclic) bond motifs is 1. The minimum absolute atomic E-state index is 0.0301. The fraction of sp³-hybridized carbons (Fsp3) is 0.269. The number of aliphatic hydroxyl groups excluding tert-OH is 1. The fourth-order valence-corrected chi connectivity index (χ4v) is 4.46. The van der Waals surface area contributed by atoms with Gasteiger partial charge in [0.25, 0.3) is 11.7 Å². The van der Waals surface area contributed by atoms with E-state index in [2.05, 4.69) is 4.98 Å². The molecule has 1 fully saturated rings. The first-order valence-electron chi connectivity index (χ1n) is 11.3. The van der Waals surface area contributed by atoms with Gasteiger partial charge in [-0.1, -0.05) is 12.1 Å². The Bertz CT molecular complexity index is 1280. The van der Waals surface area contributed by atoms with Gasteiger partial charge < -0.3 is 28.8 Å². The van der Waals surface area contributed by atoms with E-state index in [9.17, 15) is 14.7 Å². The number of aryl methyl sites for hydroxylation is 1. The highest BCUT2D eigenvalue weighted by Crippen LogP contribution is 2.41. The van der Waals surface area contributed by atoms with Gasteiger partial charge >= 0.3 is 0 Å². The lowest BCUT2D eigenvalue weighted by Crippen LogP contribution is -2.31. The number of nitrogens with zero attached hydrogens (tertiary/aromatic N) is 3. The van der Waals surface area contributed by atoms with Crippen LogP contribution in [-0.2, 0) is 16.1 Å². The van der Waals surface area contributed by atoms with Crippen LogP contribution in [0.5, 0.6) is 17.2 Å². The Kier molecular flexibility index (Phi) is 6.13. The number of Topliss-reactive ketones (excluding diaryl/α,β-unsaturated/α-hetero) is 1. The number of aliphatic hydroxyl groups is 1. The molecule has 2 aliphatic rings. The summed E-state index contributed by atoms with van der Waals surface area (Å²) in [5, 5.41) is 11.3. The van der Waals surface area contributed by atoms with Crippen molar-refractivity contribution in [2.75, 3.05) is 26.9 Å². The normalized spacial score (nSPS) is 18.7. The molecule has 2 aromatic carbocycles. The minimum atomic E-state index is -0.763. The van der Waals surface area contributed by atoms with Gasteiger partial charge in [-0.25, -0.2) is 4.98 Å². The summed E-state index contributed by atoms with van der Waals surface area (Å²) in [7, 11) is 1.55. The third-order valence-electron chi connectivity index (χ3n) is 6.14. The molecule has 0 spiro atoms. The van der Waals surface area contributed by atoms with E-state index in [1.54, 1.807) is 56.0 Å². The van der Waals surface area contributed by atoms with Crippen LogP contribution in [0.15, 0.2) is 66.8 Å². The van der Waals surface area contributed by atoms with Crippen LogP contribution in [0.25, 0.3) is 5.76 Å². The number of methoxy groups -OCH3 is 1. The van der Waals surface area contributed by atoms with Crippen LogP contribution in [-0.4, -0.2) is 58.1 Å². The Labute approximate surface area is 202 Å². The van der Waals surface area contributed by atoms with Crippen LogP contribution >= 0.6 is 0 Å². The van der Waals surface area contributed by atoms with E-state index in [1.807, 2.05) is 16.8 Å². The molecule has 0 bridgehead atoms. The van der Waals surface area contributed by atoms with Crippen molar-refractivity contribution in [3.8, 4) is 17.2 Å². The van der Waals surface area contributed by atoms with Crippen molar-refractivity contribution < 1.29 is 28.9 Å². The zero-order chi connectivity index (χ0) is 24.4. The predicted octanol–water partition coefficient (Wildman–Crippen LogP) is 3.17. The first-order valence-corrected chi connectivity index (χ1v) is 11.3. The molecule has 1 amide bonds. The van der Waals surface area contributed by atoms with Gasteiger partial charge in [0.05, 0.1) is 25.1 Å². The van der Waals surface area contributed by atoms with Crippen LogP contribution in [0.1, 0.15) is 23.6 Å². The maximum absolute atomic E-state index is 13.2. The number of ketones is 1. The van der Waals surface area contributed by atoms with E-state index < -0.39 is 17.7 Å². The Morgan fingerprint density at radius 3 is 2.71 bits per heavy atom. The van der Waals surface area contributed by atoms with E-state index >= 15 is 0 Å². The van der Waals surface area contributed by atoms with Crippen LogP contribution in [0.4, 0.5) is 0 Å². The number of carbonyl (C=O) groups is 2. The van der Waals surface area contributed by atoms with E-state index in [1.165, 1.54) is 4.90 Å². The largest absolute Gasteiger partial charge is 0.507 e. The molecule has 3 heterocycles. The summed E-state index contributed by atoms with van der Waals surface area (Å²) in [6.07, 6.45) is 5.84. The van der Waals surface area contributed by atoms with Crippen LogP contribution in [0.2, 0.25) is 0 Å². The number of aromatic nitrogens is 2. The molecule has 9 heteroatoms. The van der Waals surface area contributed by atoms with Gasteiger partial charge in [-0.15, -0.1) is 0 Å². The number of rotatable bonds is 7. The van der Waals surface area contributed by atoms with Gasteiger partial charge in [-0.3, -0.25) is 9.59 Å². The summed E-state index contributed by atoms with van der Waals surface area (Å²) in [6.45, 7) is 1.79. The highest BCUT2D eigenvalue weighted by Gasteiger charge is 2.46. The molecule has 1 saturated heterocycles. The maximum Gasteiger partial charge on any atom is 0.295 e. The monoisotopic (exact) mass is 475 g/mol. The van der Waals surface area contributed by atoms with Crippen molar-refractivity contribution in [1.29, 1.82) is 0 Å². The summed E-state index contributed by atoms with van der Waals surface area (Å²) in [6, 6.07) is 11.4. The highest BCUT2D eigenvalue weighted by atomic mass is 16.6. The van der Waals surface area contributed by atoms with Crippen LogP contribution in [0.3, 0.4) is 0 Å². The van der Waals surface area contributed by atoms with E-state index in [0.717, 1.165) is 0 Å². The second-order valence-corrected chi connectivity index (χ2v) is 8.28. The van der Waals surface area contributed by atoms with Gasteiger partial charge in [-0.05, 0) is 42.3 Å². The number of imidazole rings is 1. The number of likely N-dealkylation sites (tertiary alicyclic amines) is 1. The first-order chi connectivity index (χ1) is 17.1. The molecule has 35 heavy (non-hydrogen) atoms. The Balaban J connectivity index is 1.54. The van der Waals surface area contributed by atoms with Gasteiger partial charge in [0, 0.05) is 31.0 Å². The predicted molar refractivity (Wildman–Crippen MR) is 126 cm³/mol. The summed E-state index contributed by atoms with van der Waals surface area (Å²) < 4.78 is 18.5. The Morgan fingerprint density at radius 2 is 1.94 bits per heavy atom. The summed E-state index contributed by atoms with van der Waals surface area (Å²) in [5.74, 6) is -0.00337. The summed E-state index contributed by atoms with van der Waals surface area (Å²) in [5.41, 5.74) is 1.08. The number of carbonyl (C=O) groups excluding carboxylic acids is 2. The number of benzene rings is 2. The molecule has 0 unspecified atom stereocenters. The van der Waals surface area contributed by atoms with E-state index in [0.29, 0.717) is 61.1 Å². The summed E-state index contributed by atoms with van der Waals surface area (Å²) in [4.78, 5) is 31.9. The van der Waals surface area contributed by atoms with E-state index in [-0.39, 0.29) is 11.3 Å². The van der Waals surface area contributed by atoms with Gasteiger partial charge in [0.15, 0.2) is 11.5 Å². The molecule has 9 nitrogen and oxygen atoms in total. The second-order valence-electron chi connectivity index (χ2n) is 8.28. The van der Waals surface area contributed by atoms with Gasteiger partial charge in [0.2, 0.25) is 0 Å². The zero-order valence-corrected chi connectivity index (χ0v) is 19.2. The second kappa shape index (κ2) is 9.54. The van der Waals surface area contributed by atoms with E-state index in [4.69, 9.17) is 14.2 Å². The van der Waals surface area contributed by atoms with Crippen molar-refractivity contribution in [1.82, 2.24) is 14.5 Å². The highest BCUT2D eigenvalue weighted by molar-refractivity contribution is 6.46. The molecule has 5 rings (SSSR count). The average Bonchev–Trinajstić information content (AvgIpc) is 3.50. The van der Waals surface area contributed by atoms with Crippen molar-refractivity contribution in [3.05, 3.63) is 77.9 Å². The topological polar surface area (TPSA) is 103 Å². The van der Waals surface area contributed by atoms with Crippen molar-refractivity contribution in [2.45, 2.75) is 19.0 Å². The number of ether oxygens (including phenoxy) is 3. The van der Waals surface area contributed by atoms with Crippen LogP contribution < -0.4 is 14.2 Å². The quantitative estimate of drug-likeness (QED) is 0.318. The molecule has 2 aliphatic heterocycles. The molecule has 1 atom stereocenters. The lowest BCUT2D eigenvalue weighted by Gasteiger charge is -2.26. The molecule has 0 aliphatic carbocycles. The third-order valence-corrected chi connectivity index (χ3v) is 6.14. The number of amides is 1.